The molecule has 4 nitrogen and oxygen atoms in total. The number of allylic oxidation sites excluding steroid dienone is 2. The highest BCUT2D eigenvalue weighted by Crippen LogP contribution is 2.26. The van der Waals surface area contributed by atoms with E-state index in [1.807, 2.05) is 31.1 Å². The van der Waals surface area contributed by atoms with Gasteiger partial charge in [-0.1, -0.05) is 24.2 Å². The van der Waals surface area contributed by atoms with Crippen LogP contribution in [0.25, 0.3) is 0 Å². The van der Waals surface area contributed by atoms with Crippen LogP contribution < -0.4 is 0 Å². The number of rotatable bonds is 7. The van der Waals surface area contributed by atoms with Crippen LogP contribution >= 0.6 is 0 Å². The molecule has 0 spiro atoms. The molecule has 118 valence electrons. The Hall–Kier alpha value is -1.07. The molecule has 1 atom stereocenters. The summed E-state index contributed by atoms with van der Waals surface area (Å²) in [5.74, 6) is 1.78. The minimum Gasteiger partial charge on any atom is -0.461 e. The molecule has 0 aliphatic carbocycles. The third-order valence-corrected chi connectivity index (χ3v) is 3.20. The summed E-state index contributed by atoms with van der Waals surface area (Å²) in [4.78, 5) is 11.4. The standard InChI is InChI=1S/C16H27BO4/c1-5-6-12-19-15(18)10-8-7-9-11-17-20-14(2)13-16(3,4)21-17/h5-6,9,11,14H,7-8,10,12-13H2,1-4H3/b6-5+,11-9-. The van der Waals surface area contributed by atoms with Gasteiger partial charge < -0.3 is 14.0 Å². The monoisotopic (exact) mass is 294 g/mol. The van der Waals surface area contributed by atoms with E-state index in [9.17, 15) is 4.79 Å². The second-order valence-corrected chi connectivity index (χ2v) is 5.97. The van der Waals surface area contributed by atoms with E-state index < -0.39 is 0 Å². The number of ether oxygens (including phenoxy) is 1. The largest absolute Gasteiger partial charge is 0.486 e. The lowest BCUT2D eigenvalue weighted by molar-refractivity contribution is -0.142. The van der Waals surface area contributed by atoms with E-state index in [4.69, 9.17) is 14.0 Å². The smallest absolute Gasteiger partial charge is 0.461 e. The van der Waals surface area contributed by atoms with Gasteiger partial charge in [-0.3, -0.25) is 4.79 Å². The van der Waals surface area contributed by atoms with Crippen molar-refractivity contribution >= 4 is 13.1 Å². The lowest BCUT2D eigenvalue weighted by Gasteiger charge is -2.37. The molecule has 0 bridgehead atoms. The molecule has 0 aromatic heterocycles. The number of carbonyl (C=O) groups is 1. The predicted molar refractivity (Wildman–Crippen MR) is 84.8 cm³/mol. The molecule has 1 aliphatic heterocycles. The van der Waals surface area contributed by atoms with Gasteiger partial charge in [0, 0.05) is 12.5 Å². The number of unbranched alkanes of at least 4 members (excludes halogenated alkanes) is 1. The molecule has 0 saturated carbocycles. The number of hydrogen-bond donors (Lipinski definition) is 0. The second kappa shape index (κ2) is 9.06. The van der Waals surface area contributed by atoms with Crippen molar-refractivity contribution in [2.75, 3.05) is 6.61 Å². The molecule has 21 heavy (non-hydrogen) atoms. The molecule has 1 unspecified atom stereocenters. The van der Waals surface area contributed by atoms with Crippen LogP contribution in [0, 0.1) is 0 Å². The van der Waals surface area contributed by atoms with E-state index in [1.165, 1.54) is 0 Å². The lowest BCUT2D eigenvalue weighted by atomic mass is 9.82. The second-order valence-electron chi connectivity index (χ2n) is 5.97. The Morgan fingerprint density at radius 1 is 1.43 bits per heavy atom. The average molecular weight is 294 g/mol. The van der Waals surface area contributed by atoms with Gasteiger partial charge in [-0.2, -0.15) is 0 Å². The summed E-state index contributed by atoms with van der Waals surface area (Å²) in [5, 5.41) is 0. The van der Waals surface area contributed by atoms with Crippen LogP contribution in [0.4, 0.5) is 0 Å². The molecule has 0 aromatic carbocycles. The first-order valence-electron chi connectivity index (χ1n) is 7.69. The maximum absolute atomic E-state index is 11.4. The zero-order chi connectivity index (χ0) is 15.7. The summed E-state index contributed by atoms with van der Waals surface area (Å²) in [6, 6.07) is 0. The van der Waals surface area contributed by atoms with Gasteiger partial charge in [0.1, 0.15) is 6.61 Å². The molecule has 1 rings (SSSR count). The average Bonchev–Trinajstić information content (AvgIpc) is 2.36. The van der Waals surface area contributed by atoms with Crippen molar-refractivity contribution in [3.63, 3.8) is 0 Å². The summed E-state index contributed by atoms with van der Waals surface area (Å²) in [7, 11) is -0.287. The van der Waals surface area contributed by atoms with Gasteiger partial charge in [0.2, 0.25) is 0 Å². The highest BCUT2D eigenvalue weighted by Gasteiger charge is 2.35. The molecular weight excluding hydrogens is 267 g/mol. The fourth-order valence-electron chi connectivity index (χ4n) is 2.33. The van der Waals surface area contributed by atoms with E-state index in [-0.39, 0.29) is 24.8 Å². The van der Waals surface area contributed by atoms with Gasteiger partial charge in [0.05, 0.1) is 5.60 Å². The molecule has 1 heterocycles. The first kappa shape index (κ1) is 18.0. The van der Waals surface area contributed by atoms with Gasteiger partial charge in [0.25, 0.3) is 0 Å². The molecule has 0 radical (unpaired) electrons. The topological polar surface area (TPSA) is 44.8 Å². The van der Waals surface area contributed by atoms with Gasteiger partial charge in [-0.15, -0.1) is 0 Å². The molecular formula is C16H27BO4. The highest BCUT2D eigenvalue weighted by atomic mass is 16.6. The zero-order valence-corrected chi connectivity index (χ0v) is 13.6. The van der Waals surface area contributed by atoms with Crippen LogP contribution in [-0.4, -0.2) is 31.4 Å². The molecule has 1 aliphatic rings. The minimum absolute atomic E-state index is 0.150. The van der Waals surface area contributed by atoms with Crippen LogP contribution in [0.1, 0.15) is 53.4 Å². The van der Waals surface area contributed by atoms with Crippen molar-refractivity contribution in [3.8, 4) is 0 Å². The summed E-state index contributed by atoms with van der Waals surface area (Å²) >= 11 is 0. The maximum atomic E-state index is 11.4. The summed E-state index contributed by atoms with van der Waals surface area (Å²) in [6.07, 6.45) is 8.82. The molecule has 0 aromatic rings. The SMILES string of the molecule is C/C=C/COC(=O)CCC/C=C\B1OC(C)CC(C)(C)O1. The Labute approximate surface area is 128 Å². The first-order chi connectivity index (χ1) is 9.93. The summed E-state index contributed by atoms with van der Waals surface area (Å²) in [6.45, 7) is 8.48. The first-order valence-corrected chi connectivity index (χ1v) is 7.69. The fraction of sp³-hybridized carbons (Fsp3) is 0.688. The Morgan fingerprint density at radius 2 is 2.19 bits per heavy atom. The van der Waals surface area contributed by atoms with Crippen LogP contribution in [0.3, 0.4) is 0 Å². The molecule has 0 amide bonds. The summed E-state index contributed by atoms with van der Waals surface area (Å²) < 4.78 is 16.6. The van der Waals surface area contributed by atoms with Gasteiger partial charge >= 0.3 is 13.1 Å². The van der Waals surface area contributed by atoms with E-state index >= 15 is 0 Å². The fourth-order valence-corrected chi connectivity index (χ4v) is 2.33. The molecule has 5 heteroatoms. The predicted octanol–water partition coefficient (Wildman–Crippen LogP) is 3.46. The summed E-state index contributed by atoms with van der Waals surface area (Å²) in [5.41, 5.74) is -0.150. The van der Waals surface area contributed by atoms with E-state index in [1.54, 1.807) is 0 Å². The quantitative estimate of drug-likeness (QED) is 0.312. The molecule has 1 fully saturated rings. The van der Waals surface area contributed by atoms with Crippen molar-refractivity contribution in [3.05, 3.63) is 24.2 Å². The number of hydrogen-bond acceptors (Lipinski definition) is 4. The number of esters is 1. The normalized spacial score (nSPS) is 22.1. The van der Waals surface area contributed by atoms with Crippen molar-refractivity contribution in [2.24, 2.45) is 0 Å². The Kier molecular flexibility index (Phi) is 7.76. The van der Waals surface area contributed by atoms with E-state index in [0.717, 1.165) is 19.3 Å². The molecule has 1 saturated heterocycles. The third-order valence-electron chi connectivity index (χ3n) is 3.20. The Bertz CT molecular complexity index is 376. The van der Waals surface area contributed by atoms with Gasteiger partial charge in [-0.05, 0) is 47.0 Å². The van der Waals surface area contributed by atoms with Crippen LogP contribution in [0.15, 0.2) is 24.2 Å². The van der Waals surface area contributed by atoms with Crippen LogP contribution in [0.2, 0.25) is 0 Å². The third kappa shape index (κ3) is 8.07. The van der Waals surface area contributed by atoms with Crippen molar-refractivity contribution in [2.45, 2.75) is 65.1 Å². The minimum atomic E-state index is -0.287. The van der Waals surface area contributed by atoms with Gasteiger partial charge in [-0.25, -0.2) is 0 Å². The zero-order valence-electron chi connectivity index (χ0n) is 13.6. The number of carbonyl (C=O) groups excluding carboxylic acids is 1. The van der Waals surface area contributed by atoms with Crippen molar-refractivity contribution in [1.82, 2.24) is 0 Å². The van der Waals surface area contributed by atoms with Crippen LogP contribution in [0.5, 0.6) is 0 Å². The Balaban J connectivity index is 2.18. The Morgan fingerprint density at radius 3 is 2.86 bits per heavy atom. The highest BCUT2D eigenvalue weighted by molar-refractivity contribution is 6.51. The van der Waals surface area contributed by atoms with Crippen molar-refractivity contribution in [1.29, 1.82) is 0 Å². The maximum Gasteiger partial charge on any atom is 0.486 e. The van der Waals surface area contributed by atoms with E-state index in [0.29, 0.717) is 13.0 Å². The van der Waals surface area contributed by atoms with Crippen molar-refractivity contribution < 1.29 is 18.8 Å². The van der Waals surface area contributed by atoms with Gasteiger partial charge in [0.15, 0.2) is 0 Å². The molecule has 0 N–H and O–H groups in total. The van der Waals surface area contributed by atoms with Crippen LogP contribution in [-0.2, 0) is 18.8 Å². The lowest BCUT2D eigenvalue weighted by Crippen LogP contribution is -2.45. The van der Waals surface area contributed by atoms with E-state index in [2.05, 4.69) is 20.8 Å².